The first kappa shape index (κ1) is 20.4. The summed E-state index contributed by atoms with van der Waals surface area (Å²) in [4.78, 5) is 19.7. The van der Waals surface area contributed by atoms with Crippen molar-refractivity contribution in [2.75, 3.05) is 23.3 Å². The lowest BCUT2D eigenvalue weighted by atomic mass is 9.98. The maximum Gasteiger partial charge on any atom is 0.255 e. The summed E-state index contributed by atoms with van der Waals surface area (Å²) in [7, 11) is 0. The average molecular weight is 420 g/mol. The molecule has 0 saturated carbocycles. The zero-order chi connectivity index (χ0) is 20.9. The van der Waals surface area contributed by atoms with Gasteiger partial charge in [0.15, 0.2) is 0 Å². The van der Waals surface area contributed by atoms with E-state index in [1.165, 1.54) is 25.7 Å². The summed E-state index contributed by atoms with van der Waals surface area (Å²) < 4.78 is 0. The number of halogens is 1. The molecule has 0 spiro atoms. The molecule has 1 aliphatic heterocycles. The molecule has 1 aromatic heterocycles. The monoisotopic (exact) mass is 419 g/mol. The molecular weight excluding hydrogens is 394 g/mol. The van der Waals surface area contributed by atoms with E-state index in [1.807, 2.05) is 61.5 Å². The first-order valence-corrected chi connectivity index (χ1v) is 10.9. The molecule has 4 nitrogen and oxygen atoms in total. The van der Waals surface area contributed by atoms with Crippen molar-refractivity contribution in [3.05, 3.63) is 76.9 Å². The number of carbonyl (C=O) groups is 1. The van der Waals surface area contributed by atoms with Gasteiger partial charge in [-0.25, -0.2) is 4.98 Å². The normalized spacial score (nSPS) is 14.3. The van der Waals surface area contributed by atoms with Crippen LogP contribution in [0.4, 0.5) is 11.5 Å². The number of carbonyl (C=O) groups excluding carboxylic acids is 1. The minimum Gasteiger partial charge on any atom is -0.357 e. The third-order valence-corrected chi connectivity index (χ3v) is 5.81. The summed E-state index contributed by atoms with van der Waals surface area (Å²) in [6.07, 6.45) is 6.74. The van der Waals surface area contributed by atoms with Crippen molar-refractivity contribution in [3.8, 4) is 11.1 Å². The predicted molar refractivity (Wildman–Crippen MR) is 124 cm³/mol. The van der Waals surface area contributed by atoms with Gasteiger partial charge in [0.25, 0.3) is 5.91 Å². The van der Waals surface area contributed by atoms with Gasteiger partial charge in [-0.15, -0.1) is 0 Å². The number of hydrogen-bond donors (Lipinski definition) is 1. The molecule has 2 aromatic carbocycles. The highest BCUT2D eigenvalue weighted by molar-refractivity contribution is 6.30. The number of hydrogen-bond acceptors (Lipinski definition) is 3. The van der Waals surface area contributed by atoms with Crippen molar-refractivity contribution >= 4 is 29.0 Å². The van der Waals surface area contributed by atoms with Gasteiger partial charge < -0.3 is 10.2 Å². The van der Waals surface area contributed by atoms with E-state index in [0.29, 0.717) is 16.3 Å². The molecule has 0 radical (unpaired) electrons. The zero-order valence-corrected chi connectivity index (χ0v) is 18.0. The van der Waals surface area contributed by atoms with Gasteiger partial charge in [0.1, 0.15) is 5.82 Å². The number of aromatic nitrogens is 1. The van der Waals surface area contributed by atoms with E-state index in [0.717, 1.165) is 35.6 Å². The second kappa shape index (κ2) is 9.31. The summed E-state index contributed by atoms with van der Waals surface area (Å²) in [5.74, 6) is 0.830. The van der Waals surface area contributed by atoms with Crippen molar-refractivity contribution in [3.63, 3.8) is 0 Å². The van der Waals surface area contributed by atoms with Gasteiger partial charge in [0.05, 0.1) is 11.9 Å². The van der Waals surface area contributed by atoms with Crippen LogP contribution in [0.3, 0.4) is 0 Å². The van der Waals surface area contributed by atoms with Crippen LogP contribution in [-0.2, 0) is 0 Å². The maximum atomic E-state index is 12.8. The number of benzene rings is 2. The number of aryl methyl sites for hydroxylation is 1. The molecule has 1 aliphatic rings. The minimum atomic E-state index is -0.150. The van der Waals surface area contributed by atoms with Crippen molar-refractivity contribution < 1.29 is 4.79 Å². The van der Waals surface area contributed by atoms with Crippen LogP contribution in [0.1, 0.15) is 41.6 Å². The lowest BCUT2D eigenvalue weighted by Gasteiger charge is -2.21. The molecule has 0 aliphatic carbocycles. The van der Waals surface area contributed by atoms with E-state index in [-0.39, 0.29) is 5.91 Å². The smallest absolute Gasteiger partial charge is 0.255 e. The molecule has 0 atom stereocenters. The van der Waals surface area contributed by atoms with Crippen LogP contribution in [0.25, 0.3) is 11.1 Å². The molecule has 2 heterocycles. The van der Waals surface area contributed by atoms with Gasteiger partial charge in [-0.05, 0) is 72.9 Å². The lowest BCUT2D eigenvalue weighted by molar-refractivity contribution is 0.102. The number of anilines is 2. The van der Waals surface area contributed by atoms with Gasteiger partial charge in [-0.2, -0.15) is 0 Å². The van der Waals surface area contributed by atoms with Crippen LogP contribution in [0, 0.1) is 6.92 Å². The van der Waals surface area contributed by atoms with Crippen LogP contribution in [0.5, 0.6) is 0 Å². The Morgan fingerprint density at radius 3 is 2.50 bits per heavy atom. The molecule has 1 fully saturated rings. The first-order chi connectivity index (χ1) is 14.6. The molecule has 0 bridgehead atoms. The third-order valence-electron chi connectivity index (χ3n) is 5.57. The summed E-state index contributed by atoms with van der Waals surface area (Å²) in [6.45, 7) is 4.13. The zero-order valence-electron chi connectivity index (χ0n) is 17.2. The van der Waals surface area contributed by atoms with E-state index < -0.39 is 0 Å². The Morgan fingerprint density at radius 2 is 1.80 bits per heavy atom. The largest absolute Gasteiger partial charge is 0.357 e. The van der Waals surface area contributed by atoms with E-state index in [2.05, 4.69) is 15.2 Å². The lowest BCUT2D eigenvalue weighted by Crippen LogP contribution is -2.24. The fraction of sp³-hybridized carbons (Fsp3) is 0.280. The Hall–Kier alpha value is -2.85. The molecule has 5 heteroatoms. The van der Waals surface area contributed by atoms with E-state index >= 15 is 0 Å². The summed E-state index contributed by atoms with van der Waals surface area (Å²) in [5.41, 5.74) is 4.39. The van der Waals surface area contributed by atoms with Crippen LogP contribution in [-0.4, -0.2) is 24.0 Å². The molecule has 3 aromatic rings. The molecule has 4 rings (SSSR count). The topological polar surface area (TPSA) is 45.2 Å². The van der Waals surface area contributed by atoms with Crippen LogP contribution in [0.15, 0.2) is 60.8 Å². The minimum absolute atomic E-state index is 0.150. The van der Waals surface area contributed by atoms with Gasteiger partial charge in [0.2, 0.25) is 0 Å². The van der Waals surface area contributed by atoms with Crippen molar-refractivity contribution in [2.24, 2.45) is 0 Å². The number of amides is 1. The van der Waals surface area contributed by atoms with Gasteiger partial charge in [-0.3, -0.25) is 4.79 Å². The highest BCUT2D eigenvalue weighted by atomic mass is 35.5. The highest BCUT2D eigenvalue weighted by Crippen LogP contribution is 2.27. The van der Waals surface area contributed by atoms with Crippen LogP contribution < -0.4 is 10.2 Å². The molecule has 0 unspecified atom stereocenters. The summed E-state index contributed by atoms with van der Waals surface area (Å²) in [6, 6.07) is 17.3. The van der Waals surface area contributed by atoms with Gasteiger partial charge >= 0.3 is 0 Å². The maximum absolute atomic E-state index is 12.8. The average Bonchev–Trinajstić information content (AvgIpc) is 3.04. The van der Waals surface area contributed by atoms with Crippen molar-refractivity contribution in [1.29, 1.82) is 0 Å². The second-order valence-corrected chi connectivity index (χ2v) is 8.24. The SMILES string of the molecule is Cc1ccc(C(=O)Nc2ccc(N3CCCCCC3)nc2)cc1-c1cccc(Cl)c1. The van der Waals surface area contributed by atoms with Crippen LogP contribution >= 0.6 is 11.6 Å². The summed E-state index contributed by atoms with van der Waals surface area (Å²) >= 11 is 6.14. The highest BCUT2D eigenvalue weighted by Gasteiger charge is 2.13. The van der Waals surface area contributed by atoms with E-state index in [1.54, 1.807) is 6.20 Å². The molecule has 154 valence electrons. The predicted octanol–water partition coefficient (Wildman–Crippen LogP) is 6.34. The Kier molecular flexibility index (Phi) is 6.34. The molecule has 1 N–H and O–H groups in total. The number of pyridine rings is 1. The van der Waals surface area contributed by atoms with E-state index in [9.17, 15) is 4.79 Å². The fourth-order valence-electron chi connectivity index (χ4n) is 3.88. The van der Waals surface area contributed by atoms with Crippen molar-refractivity contribution in [1.82, 2.24) is 4.98 Å². The van der Waals surface area contributed by atoms with Gasteiger partial charge in [-0.1, -0.05) is 42.6 Å². The Bertz CT molecular complexity index is 1020. The Balaban J connectivity index is 1.49. The number of nitrogens with zero attached hydrogens (tertiary/aromatic N) is 2. The summed E-state index contributed by atoms with van der Waals surface area (Å²) in [5, 5.41) is 3.64. The standard InChI is InChI=1S/C25H26ClN3O/c1-18-9-10-20(16-23(18)19-7-6-8-21(26)15-19)25(30)28-22-11-12-24(27-17-22)29-13-4-2-3-5-14-29/h6-12,15-17H,2-5,13-14H2,1H3,(H,28,30). The second-order valence-electron chi connectivity index (χ2n) is 7.80. The Labute approximate surface area is 182 Å². The van der Waals surface area contributed by atoms with E-state index in [4.69, 9.17) is 11.6 Å². The van der Waals surface area contributed by atoms with Crippen molar-refractivity contribution in [2.45, 2.75) is 32.6 Å². The molecule has 1 amide bonds. The number of rotatable bonds is 4. The third kappa shape index (κ3) is 4.82. The fourth-order valence-corrected chi connectivity index (χ4v) is 4.07. The first-order valence-electron chi connectivity index (χ1n) is 10.5. The molecular formula is C25H26ClN3O. The Morgan fingerprint density at radius 1 is 1.00 bits per heavy atom. The molecule has 30 heavy (non-hydrogen) atoms. The number of nitrogens with one attached hydrogen (secondary N) is 1. The quantitative estimate of drug-likeness (QED) is 0.536. The van der Waals surface area contributed by atoms with Gasteiger partial charge in [0, 0.05) is 23.7 Å². The van der Waals surface area contributed by atoms with Crippen LogP contribution in [0.2, 0.25) is 5.02 Å². The molecule has 1 saturated heterocycles.